The molecule has 0 radical (unpaired) electrons. The van der Waals surface area contributed by atoms with Gasteiger partial charge in [0.25, 0.3) is 0 Å². The van der Waals surface area contributed by atoms with Crippen molar-refractivity contribution in [2.45, 2.75) is 24.9 Å². The van der Waals surface area contributed by atoms with Crippen LogP contribution in [0.4, 0.5) is 0 Å². The molecule has 1 heterocycles. The first-order chi connectivity index (χ1) is 5.34. The van der Waals surface area contributed by atoms with E-state index in [4.69, 9.17) is 0 Å². The predicted molar refractivity (Wildman–Crippen MR) is 56.0 cm³/mol. The van der Waals surface area contributed by atoms with E-state index in [1.165, 1.54) is 17.9 Å². The molecule has 12 heavy (non-hydrogen) atoms. The van der Waals surface area contributed by atoms with E-state index in [1.54, 1.807) is 0 Å². The molecule has 1 aliphatic heterocycles. The molecule has 1 saturated heterocycles. The smallest absolute Gasteiger partial charge is 0.503 e. The second kappa shape index (κ2) is 7.44. The molecule has 0 aromatic rings. The summed E-state index contributed by atoms with van der Waals surface area (Å²) >= 11 is 4.21. The summed E-state index contributed by atoms with van der Waals surface area (Å²) in [5.74, 6) is 3.38. The third kappa shape index (κ3) is 4.32. The topological polar surface area (TPSA) is 0 Å². The number of allylic oxidation sites excluding steroid dienone is 2. The molecule has 3 heteroatoms. The molecule has 0 unspecified atom stereocenters. The maximum absolute atomic E-state index is 3.11. The first kappa shape index (κ1) is 13.0. The van der Waals surface area contributed by atoms with Crippen LogP contribution in [0.25, 0.3) is 0 Å². The van der Waals surface area contributed by atoms with E-state index >= 15 is 0 Å². The molecule has 0 aromatic carbocycles. The summed E-state index contributed by atoms with van der Waals surface area (Å²) in [6.07, 6.45) is 6.69. The van der Waals surface area contributed by atoms with Gasteiger partial charge in [0.05, 0.1) is 4.58 Å². The molecule has 0 spiro atoms. The van der Waals surface area contributed by atoms with E-state index in [0.29, 0.717) is 5.92 Å². The third-order valence-corrected chi connectivity index (χ3v) is 5.09. The molecule has 0 N–H and O–H groups in total. The van der Waals surface area contributed by atoms with Crippen LogP contribution in [0.1, 0.15) is 20.3 Å². The van der Waals surface area contributed by atoms with Gasteiger partial charge in [0.2, 0.25) is 0 Å². The Bertz CT molecular complexity index is 130. The van der Waals surface area contributed by atoms with Gasteiger partial charge in [0, 0.05) is 0 Å². The van der Waals surface area contributed by atoms with Gasteiger partial charge in [-0.15, -0.1) is 23.5 Å². The van der Waals surface area contributed by atoms with Gasteiger partial charge in [-0.25, -0.2) is 0 Å². The van der Waals surface area contributed by atoms with Crippen LogP contribution >= 0.6 is 23.5 Å². The number of rotatable bonds is 2. The first-order valence-corrected chi connectivity index (χ1v) is 6.18. The zero-order valence-corrected chi connectivity index (χ0v) is 9.80. The number of thioether (sulfide) groups is 2. The van der Waals surface area contributed by atoms with Crippen LogP contribution in [0.15, 0.2) is 6.08 Å². The first-order valence-electron chi connectivity index (χ1n) is 4.08. The van der Waals surface area contributed by atoms with E-state index in [2.05, 4.69) is 42.6 Å². The second-order valence-electron chi connectivity index (χ2n) is 2.78. The van der Waals surface area contributed by atoms with Crippen LogP contribution in [0.2, 0.25) is 0 Å². The van der Waals surface area contributed by atoms with Gasteiger partial charge in [-0.3, -0.25) is 6.08 Å². The van der Waals surface area contributed by atoms with Crippen molar-refractivity contribution >= 4 is 23.5 Å². The SMILES string of the molecule is C[C-]=C[C@H](C)C1SCCCS1.[Li+]. The van der Waals surface area contributed by atoms with Gasteiger partial charge >= 0.3 is 18.9 Å². The largest absolute Gasteiger partial charge is 1.00 e. The van der Waals surface area contributed by atoms with Gasteiger partial charge in [-0.05, 0) is 23.8 Å². The summed E-state index contributed by atoms with van der Waals surface area (Å²) in [5.41, 5.74) is 0. The summed E-state index contributed by atoms with van der Waals surface area (Å²) in [5, 5.41) is 0. The summed E-state index contributed by atoms with van der Waals surface area (Å²) in [6, 6.07) is 0. The fourth-order valence-electron chi connectivity index (χ4n) is 1.15. The molecule has 1 aliphatic rings. The molecule has 1 fully saturated rings. The molecule has 0 aliphatic carbocycles. The summed E-state index contributed by atoms with van der Waals surface area (Å²) < 4.78 is 0.788. The Morgan fingerprint density at radius 2 is 2.00 bits per heavy atom. The standard InChI is InChI=1S/C9H15S2.Li/c1-3-5-8(2)9-10-6-4-7-11-9;/h5,8-9H,4,6-7H2,1-2H3;/q-1;+1/t8-;/m0./s1. The molecule has 64 valence electrons. The van der Waals surface area contributed by atoms with Crippen molar-refractivity contribution in [2.75, 3.05) is 11.5 Å². The Morgan fingerprint density at radius 1 is 1.42 bits per heavy atom. The van der Waals surface area contributed by atoms with E-state index in [9.17, 15) is 0 Å². The molecule has 0 saturated carbocycles. The van der Waals surface area contributed by atoms with Gasteiger partial charge < -0.3 is 6.08 Å². The molecule has 1 rings (SSSR count). The average Bonchev–Trinajstić information content (AvgIpc) is 2.07. The quantitative estimate of drug-likeness (QED) is 0.455. The molecule has 0 nitrogen and oxygen atoms in total. The van der Waals surface area contributed by atoms with Gasteiger partial charge in [0.1, 0.15) is 0 Å². The predicted octanol–water partition coefficient (Wildman–Crippen LogP) is 0.202. The summed E-state index contributed by atoms with van der Waals surface area (Å²) in [7, 11) is 0. The molecule has 0 bridgehead atoms. The third-order valence-electron chi connectivity index (χ3n) is 1.71. The monoisotopic (exact) mass is 194 g/mol. The van der Waals surface area contributed by atoms with Crippen molar-refractivity contribution in [3.05, 3.63) is 12.2 Å². The van der Waals surface area contributed by atoms with E-state index in [0.717, 1.165) is 4.58 Å². The van der Waals surface area contributed by atoms with Crippen molar-refractivity contribution in [1.29, 1.82) is 0 Å². The van der Waals surface area contributed by atoms with Crippen molar-refractivity contribution < 1.29 is 18.9 Å². The van der Waals surface area contributed by atoms with Crippen LogP contribution in [0, 0.1) is 12.0 Å². The zero-order valence-electron chi connectivity index (χ0n) is 8.17. The van der Waals surface area contributed by atoms with Gasteiger partial charge in [-0.1, -0.05) is 6.92 Å². The van der Waals surface area contributed by atoms with Crippen LogP contribution < -0.4 is 18.9 Å². The van der Waals surface area contributed by atoms with Crippen LogP contribution in [-0.2, 0) is 0 Å². The Morgan fingerprint density at radius 3 is 2.50 bits per heavy atom. The molecule has 0 amide bonds. The maximum Gasteiger partial charge on any atom is 1.00 e. The molecular formula is C9H15LiS2. The fraction of sp³-hybridized carbons (Fsp3) is 0.778. The second-order valence-corrected chi connectivity index (χ2v) is 5.58. The normalized spacial score (nSPS) is 22.2. The van der Waals surface area contributed by atoms with Crippen molar-refractivity contribution in [1.82, 2.24) is 0 Å². The molecule has 1 atom stereocenters. The Balaban J connectivity index is 0.00000121. The van der Waals surface area contributed by atoms with Crippen molar-refractivity contribution in [3.8, 4) is 0 Å². The maximum atomic E-state index is 3.11. The molecular weight excluding hydrogens is 179 g/mol. The van der Waals surface area contributed by atoms with Crippen LogP contribution in [-0.4, -0.2) is 16.1 Å². The number of hydrogen-bond acceptors (Lipinski definition) is 2. The summed E-state index contributed by atoms with van der Waals surface area (Å²) in [4.78, 5) is 0. The minimum atomic E-state index is 0. The average molecular weight is 194 g/mol. The number of hydrogen-bond donors (Lipinski definition) is 0. The van der Waals surface area contributed by atoms with Crippen LogP contribution in [0.3, 0.4) is 0 Å². The van der Waals surface area contributed by atoms with Gasteiger partial charge in [0.15, 0.2) is 0 Å². The van der Waals surface area contributed by atoms with E-state index in [-0.39, 0.29) is 18.9 Å². The molecule has 0 aromatic heterocycles. The minimum absolute atomic E-state index is 0. The Hall–Kier alpha value is 1.04. The van der Waals surface area contributed by atoms with E-state index in [1.807, 2.05) is 6.92 Å². The summed E-state index contributed by atoms with van der Waals surface area (Å²) in [6.45, 7) is 4.27. The Labute approximate surface area is 96.5 Å². The van der Waals surface area contributed by atoms with Gasteiger partial charge in [-0.2, -0.15) is 6.92 Å². The van der Waals surface area contributed by atoms with Crippen molar-refractivity contribution in [2.24, 2.45) is 5.92 Å². The fourth-order valence-corrected chi connectivity index (χ4v) is 4.15. The van der Waals surface area contributed by atoms with Crippen molar-refractivity contribution in [3.63, 3.8) is 0 Å². The zero-order chi connectivity index (χ0) is 8.10. The van der Waals surface area contributed by atoms with E-state index < -0.39 is 0 Å². The van der Waals surface area contributed by atoms with Crippen LogP contribution in [0.5, 0.6) is 0 Å². The Kier molecular flexibility index (Phi) is 8.09. The minimum Gasteiger partial charge on any atom is -0.503 e.